The van der Waals surface area contributed by atoms with E-state index in [1.165, 1.54) is 15.9 Å². The molecule has 0 amide bonds. The number of nitrogens with zero attached hydrogens (tertiary/aromatic N) is 2. The molecule has 3 aromatic rings. The highest BCUT2D eigenvalue weighted by Gasteiger charge is 2.34. The molecule has 2 aromatic carbocycles. The van der Waals surface area contributed by atoms with E-state index in [9.17, 15) is 14.7 Å². The Hall–Kier alpha value is -2.44. The number of ether oxygens (including phenoxy) is 2. The van der Waals surface area contributed by atoms with Crippen LogP contribution in [0.2, 0.25) is 0 Å². The van der Waals surface area contributed by atoms with Crippen LogP contribution in [0.5, 0.6) is 11.5 Å². The van der Waals surface area contributed by atoms with Gasteiger partial charge in [-0.2, -0.15) is 0 Å². The van der Waals surface area contributed by atoms with Crippen molar-refractivity contribution in [2.24, 2.45) is 4.99 Å². The molecular weight excluding hydrogens is 659 g/mol. The number of phenolic OH excluding ortho intramolecular Hbond substituents is 1. The Morgan fingerprint density at radius 3 is 2.78 bits per heavy atom. The average Bonchev–Trinajstić information content (AvgIpc) is 3.16. The van der Waals surface area contributed by atoms with Gasteiger partial charge < -0.3 is 14.6 Å². The first kappa shape index (κ1) is 26.6. The van der Waals surface area contributed by atoms with E-state index in [1.807, 2.05) is 53.8 Å². The summed E-state index contributed by atoms with van der Waals surface area (Å²) in [6, 6.07) is 10.1. The quantitative estimate of drug-likeness (QED) is 0.289. The summed E-state index contributed by atoms with van der Waals surface area (Å²) in [7, 11) is 1.57. The van der Waals surface area contributed by atoms with Crippen LogP contribution in [0.25, 0.3) is 6.08 Å². The molecule has 0 saturated carbocycles. The van der Waals surface area contributed by atoms with Gasteiger partial charge in [0.25, 0.3) is 5.56 Å². The van der Waals surface area contributed by atoms with E-state index >= 15 is 0 Å². The van der Waals surface area contributed by atoms with E-state index in [4.69, 9.17) is 14.5 Å². The fraction of sp³-hybridized carbons (Fsp3) is 0.269. The molecule has 188 valence electrons. The summed E-state index contributed by atoms with van der Waals surface area (Å²) in [5.41, 5.74) is 1.88. The van der Waals surface area contributed by atoms with Crippen molar-refractivity contribution in [3.63, 3.8) is 0 Å². The number of hydrogen-bond acceptors (Lipinski definition) is 7. The number of esters is 1. The van der Waals surface area contributed by atoms with Crippen LogP contribution in [-0.2, 0) is 9.53 Å². The van der Waals surface area contributed by atoms with Gasteiger partial charge in [-0.15, -0.1) is 0 Å². The molecule has 36 heavy (non-hydrogen) atoms. The van der Waals surface area contributed by atoms with Crippen molar-refractivity contribution in [2.45, 2.75) is 32.7 Å². The van der Waals surface area contributed by atoms with Crippen LogP contribution in [0.4, 0.5) is 0 Å². The third-order valence-corrected chi connectivity index (χ3v) is 7.91. The zero-order chi connectivity index (χ0) is 26.0. The molecule has 0 fully saturated rings. The van der Waals surface area contributed by atoms with Crippen LogP contribution < -0.4 is 19.6 Å². The number of thiazole rings is 1. The number of allylic oxidation sites excluding steroid dienone is 1. The number of methoxy groups -OCH3 is 1. The lowest BCUT2D eigenvalue weighted by atomic mass is 9.94. The smallest absolute Gasteiger partial charge is 0.338 e. The van der Waals surface area contributed by atoms with Crippen LogP contribution in [0.3, 0.4) is 0 Å². The van der Waals surface area contributed by atoms with Gasteiger partial charge in [0, 0.05) is 10.0 Å². The summed E-state index contributed by atoms with van der Waals surface area (Å²) in [6.45, 7) is 3.97. The van der Waals surface area contributed by atoms with Crippen molar-refractivity contribution in [1.82, 2.24) is 4.57 Å². The Bertz CT molecular complexity index is 1540. The molecule has 0 saturated heterocycles. The molecular formula is C26H24BrIN2O5S. The van der Waals surface area contributed by atoms with Crippen molar-refractivity contribution >= 4 is 61.9 Å². The Balaban J connectivity index is 2.03. The van der Waals surface area contributed by atoms with Crippen LogP contribution in [0, 0.1) is 3.57 Å². The normalized spacial score (nSPS) is 15.5. The van der Waals surface area contributed by atoms with Crippen LogP contribution in [-0.4, -0.2) is 29.4 Å². The maximum atomic E-state index is 13.8. The molecule has 0 aliphatic carbocycles. The Morgan fingerprint density at radius 2 is 2.08 bits per heavy atom. The first-order valence-corrected chi connectivity index (χ1v) is 14.0. The maximum Gasteiger partial charge on any atom is 0.338 e. The number of fused-ring (bicyclic) bond motifs is 1. The lowest BCUT2D eigenvalue weighted by Crippen LogP contribution is -2.40. The zero-order valence-corrected chi connectivity index (χ0v) is 24.4. The SMILES string of the molecule is CCCC1=C(C(=O)OCC)[C@H](c2cccc(OC)c2)n2c(s/c(=C/c3cc(Br)cc(I)c3O)c2=O)=N1. The summed E-state index contributed by atoms with van der Waals surface area (Å²) in [5.74, 6) is 0.208. The number of aromatic hydroxyl groups is 1. The maximum absolute atomic E-state index is 13.8. The van der Waals surface area contributed by atoms with E-state index in [1.54, 1.807) is 32.2 Å². The Kier molecular flexibility index (Phi) is 8.36. The molecule has 1 N–H and O–H groups in total. The fourth-order valence-electron chi connectivity index (χ4n) is 4.09. The third kappa shape index (κ3) is 5.16. The van der Waals surface area contributed by atoms with Gasteiger partial charge in [0.15, 0.2) is 4.80 Å². The first-order valence-electron chi connectivity index (χ1n) is 11.3. The molecule has 7 nitrogen and oxygen atoms in total. The highest BCUT2D eigenvalue weighted by Crippen LogP contribution is 2.34. The molecule has 0 radical (unpaired) electrons. The highest BCUT2D eigenvalue weighted by atomic mass is 127. The lowest BCUT2D eigenvalue weighted by molar-refractivity contribution is -0.139. The second-order valence-corrected chi connectivity index (χ2v) is 11.1. The Labute approximate surface area is 234 Å². The van der Waals surface area contributed by atoms with E-state index in [2.05, 4.69) is 15.9 Å². The average molecular weight is 683 g/mol. The van der Waals surface area contributed by atoms with Crippen molar-refractivity contribution in [3.05, 3.63) is 86.5 Å². The second kappa shape index (κ2) is 11.3. The first-order chi connectivity index (χ1) is 17.3. The minimum Gasteiger partial charge on any atom is -0.506 e. The number of carbonyl (C=O) groups is 1. The van der Waals surface area contributed by atoms with E-state index in [0.717, 1.165) is 10.9 Å². The van der Waals surface area contributed by atoms with Gasteiger partial charge in [-0.25, -0.2) is 9.79 Å². The van der Waals surface area contributed by atoms with Gasteiger partial charge in [0.2, 0.25) is 0 Å². The topological polar surface area (TPSA) is 90.1 Å². The second-order valence-electron chi connectivity index (χ2n) is 8.02. The number of hydrogen-bond donors (Lipinski definition) is 1. The Morgan fingerprint density at radius 1 is 1.31 bits per heavy atom. The number of aromatic nitrogens is 1. The number of halogens is 2. The van der Waals surface area contributed by atoms with Gasteiger partial charge in [-0.05, 0) is 71.8 Å². The summed E-state index contributed by atoms with van der Waals surface area (Å²) in [6.07, 6.45) is 2.98. The molecule has 1 atom stereocenters. The van der Waals surface area contributed by atoms with E-state index in [-0.39, 0.29) is 17.9 Å². The number of rotatable bonds is 7. The van der Waals surface area contributed by atoms with Gasteiger partial charge in [0.05, 0.1) is 39.1 Å². The van der Waals surface area contributed by atoms with Gasteiger partial charge in [-0.3, -0.25) is 9.36 Å². The molecule has 1 aromatic heterocycles. The summed E-state index contributed by atoms with van der Waals surface area (Å²) in [5, 5.41) is 10.6. The minimum atomic E-state index is -0.727. The van der Waals surface area contributed by atoms with Crippen molar-refractivity contribution in [1.29, 1.82) is 0 Å². The standard InChI is InChI=1S/C26H24BrIN2O5S/c1-4-7-19-21(25(33)35-5-2)22(14-8-6-9-17(11-14)34-3)30-24(32)20(36-26(30)29-19)12-15-10-16(27)13-18(28)23(15)31/h6,8-13,22,31H,4-5,7H2,1-3H3/b20-12+/t22-/m0/s1. The molecule has 1 aliphatic heterocycles. The molecule has 2 heterocycles. The van der Waals surface area contributed by atoms with Crippen molar-refractivity contribution in [3.8, 4) is 11.5 Å². The minimum absolute atomic E-state index is 0.0906. The van der Waals surface area contributed by atoms with E-state index in [0.29, 0.717) is 47.5 Å². The van der Waals surface area contributed by atoms with Crippen molar-refractivity contribution < 1.29 is 19.4 Å². The molecule has 4 rings (SSSR count). The van der Waals surface area contributed by atoms with Crippen LogP contribution in [0.1, 0.15) is 43.9 Å². The summed E-state index contributed by atoms with van der Waals surface area (Å²) < 4.78 is 14.2. The molecule has 0 spiro atoms. The van der Waals surface area contributed by atoms with Crippen LogP contribution >= 0.6 is 49.9 Å². The molecule has 0 bridgehead atoms. The summed E-state index contributed by atoms with van der Waals surface area (Å²) in [4.78, 5) is 32.3. The monoisotopic (exact) mass is 682 g/mol. The van der Waals surface area contributed by atoms with Gasteiger partial charge in [-0.1, -0.05) is 52.7 Å². The number of carbonyl (C=O) groups excluding carboxylic acids is 1. The highest BCUT2D eigenvalue weighted by molar-refractivity contribution is 14.1. The third-order valence-electron chi connectivity index (χ3n) is 5.65. The lowest BCUT2D eigenvalue weighted by Gasteiger charge is -2.26. The zero-order valence-electron chi connectivity index (χ0n) is 19.9. The molecule has 10 heteroatoms. The number of benzene rings is 2. The number of phenols is 1. The largest absolute Gasteiger partial charge is 0.506 e. The van der Waals surface area contributed by atoms with Crippen LogP contribution in [0.15, 0.2) is 61.9 Å². The van der Waals surface area contributed by atoms with E-state index < -0.39 is 12.0 Å². The van der Waals surface area contributed by atoms with Gasteiger partial charge in [0.1, 0.15) is 11.5 Å². The van der Waals surface area contributed by atoms with Gasteiger partial charge >= 0.3 is 5.97 Å². The van der Waals surface area contributed by atoms with Crippen molar-refractivity contribution in [2.75, 3.05) is 13.7 Å². The fourth-order valence-corrected chi connectivity index (χ4v) is 6.65. The molecule has 1 aliphatic rings. The predicted octanol–water partition coefficient (Wildman–Crippen LogP) is 4.66. The predicted molar refractivity (Wildman–Crippen MR) is 151 cm³/mol. The summed E-state index contributed by atoms with van der Waals surface area (Å²) >= 11 is 6.72. The molecule has 0 unspecified atom stereocenters.